The first-order valence-corrected chi connectivity index (χ1v) is 4.81. The normalized spacial score (nSPS) is 15.6. The summed E-state index contributed by atoms with van der Waals surface area (Å²) >= 11 is 0. The molecule has 0 radical (unpaired) electrons. The standard InChI is InChI=1S/C11H16N2/c1-4-9-5-8(2)6-11-10(9)7-13(3)12-11/h5-6,12H,4,7H2,1-3H3. The average Bonchev–Trinajstić information content (AvgIpc) is 2.43. The largest absolute Gasteiger partial charge is 0.318 e. The Morgan fingerprint density at radius 3 is 2.92 bits per heavy atom. The minimum absolute atomic E-state index is 1.03. The van der Waals surface area contributed by atoms with Crippen molar-refractivity contribution in [3.63, 3.8) is 0 Å². The van der Waals surface area contributed by atoms with Gasteiger partial charge in [-0.2, -0.15) is 0 Å². The maximum absolute atomic E-state index is 3.35. The molecule has 2 heteroatoms. The van der Waals surface area contributed by atoms with Gasteiger partial charge in [-0.05, 0) is 36.1 Å². The first-order chi connectivity index (χ1) is 6.20. The van der Waals surface area contributed by atoms with Gasteiger partial charge in [0.25, 0.3) is 0 Å². The van der Waals surface area contributed by atoms with Crippen molar-refractivity contribution in [3.05, 3.63) is 28.8 Å². The number of aryl methyl sites for hydroxylation is 2. The molecule has 0 bridgehead atoms. The summed E-state index contributed by atoms with van der Waals surface area (Å²) in [4.78, 5) is 0. The Morgan fingerprint density at radius 1 is 1.46 bits per heavy atom. The molecule has 1 N–H and O–H groups in total. The van der Waals surface area contributed by atoms with E-state index in [-0.39, 0.29) is 0 Å². The van der Waals surface area contributed by atoms with Crippen molar-refractivity contribution in [2.75, 3.05) is 12.5 Å². The second-order valence-corrected chi connectivity index (χ2v) is 3.77. The van der Waals surface area contributed by atoms with Crippen LogP contribution in [-0.2, 0) is 13.0 Å². The molecule has 0 aliphatic carbocycles. The Morgan fingerprint density at radius 2 is 2.23 bits per heavy atom. The van der Waals surface area contributed by atoms with Crippen molar-refractivity contribution < 1.29 is 0 Å². The van der Waals surface area contributed by atoms with E-state index < -0.39 is 0 Å². The van der Waals surface area contributed by atoms with Gasteiger partial charge in [0.1, 0.15) is 0 Å². The fourth-order valence-corrected chi connectivity index (χ4v) is 1.98. The van der Waals surface area contributed by atoms with Crippen LogP contribution in [0.5, 0.6) is 0 Å². The number of fused-ring (bicyclic) bond motifs is 1. The Kier molecular flexibility index (Phi) is 2.00. The van der Waals surface area contributed by atoms with Gasteiger partial charge in [-0.1, -0.05) is 13.0 Å². The van der Waals surface area contributed by atoms with Gasteiger partial charge < -0.3 is 5.43 Å². The Bertz CT molecular complexity index is 331. The van der Waals surface area contributed by atoms with Gasteiger partial charge in [-0.3, -0.25) is 0 Å². The van der Waals surface area contributed by atoms with E-state index in [9.17, 15) is 0 Å². The topological polar surface area (TPSA) is 15.3 Å². The monoisotopic (exact) mass is 176 g/mol. The number of benzene rings is 1. The van der Waals surface area contributed by atoms with E-state index in [1.807, 2.05) is 0 Å². The zero-order chi connectivity index (χ0) is 9.42. The molecule has 0 unspecified atom stereocenters. The molecule has 0 saturated heterocycles. The number of hydrazine groups is 1. The summed E-state index contributed by atoms with van der Waals surface area (Å²) in [7, 11) is 2.08. The Labute approximate surface area is 79.5 Å². The molecule has 1 aromatic carbocycles. The molecule has 2 rings (SSSR count). The lowest BCUT2D eigenvalue weighted by Crippen LogP contribution is -2.16. The van der Waals surface area contributed by atoms with E-state index in [0.29, 0.717) is 0 Å². The van der Waals surface area contributed by atoms with Crippen LogP contribution in [-0.4, -0.2) is 12.1 Å². The van der Waals surface area contributed by atoms with E-state index >= 15 is 0 Å². The van der Waals surface area contributed by atoms with E-state index in [0.717, 1.165) is 13.0 Å². The predicted molar refractivity (Wildman–Crippen MR) is 55.6 cm³/mol. The quantitative estimate of drug-likeness (QED) is 0.706. The van der Waals surface area contributed by atoms with Crippen LogP contribution in [0, 0.1) is 6.92 Å². The molecular weight excluding hydrogens is 160 g/mol. The third kappa shape index (κ3) is 1.42. The lowest BCUT2D eigenvalue weighted by molar-refractivity contribution is 0.421. The average molecular weight is 176 g/mol. The van der Waals surface area contributed by atoms with Crippen LogP contribution in [0.25, 0.3) is 0 Å². The summed E-state index contributed by atoms with van der Waals surface area (Å²) in [6, 6.07) is 4.51. The number of hydrogen-bond acceptors (Lipinski definition) is 2. The lowest BCUT2D eigenvalue weighted by atomic mass is 10.0. The van der Waals surface area contributed by atoms with Crippen molar-refractivity contribution >= 4 is 5.69 Å². The van der Waals surface area contributed by atoms with Crippen LogP contribution in [0.2, 0.25) is 0 Å². The van der Waals surface area contributed by atoms with Crippen LogP contribution < -0.4 is 5.43 Å². The summed E-state index contributed by atoms with van der Waals surface area (Å²) < 4.78 is 0. The highest BCUT2D eigenvalue weighted by atomic mass is 15.5. The third-order valence-electron chi connectivity index (χ3n) is 2.57. The summed E-state index contributed by atoms with van der Waals surface area (Å²) in [6.07, 6.45) is 1.12. The van der Waals surface area contributed by atoms with Gasteiger partial charge in [-0.15, -0.1) is 0 Å². The smallest absolute Gasteiger partial charge is 0.0541 e. The predicted octanol–water partition coefficient (Wildman–Crippen LogP) is 2.33. The lowest BCUT2D eigenvalue weighted by Gasteiger charge is -2.06. The minimum atomic E-state index is 1.03. The third-order valence-corrected chi connectivity index (χ3v) is 2.57. The van der Waals surface area contributed by atoms with Gasteiger partial charge in [-0.25, -0.2) is 5.01 Å². The molecular formula is C11H16N2. The van der Waals surface area contributed by atoms with Crippen LogP contribution in [0.15, 0.2) is 12.1 Å². The number of nitrogens with zero attached hydrogens (tertiary/aromatic N) is 1. The minimum Gasteiger partial charge on any atom is -0.318 e. The van der Waals surface area contributed by atoms with Gasteiger partial charge >= 0.3 is 0 Å². The number of hydrogen-bond donors (Lipinski definition) is 1. The first kappa shape index (κ1) is 8.57. The van der Waals surface area contributed by atoms with Gasteiger partial charge in [0.2, 0.25) is 0 Å². The van der Waals surface area contributed by atoms with Crippen molar-refractivity contribution in [1.82, 2.24) is 5.01 Å². The molecule has 0 fully saturated rings. The van der Waals surface area contributed by atoms with Crippen LogP contribution >= 0.6 is 0 Å². The summed E-state index contributed by atoms with van der Waals surface area (Å²) in [6.45, 7) is 5.39. The Hall–Kier alpha value is -1.02. The van der Waals surface area contributed by atoms with E-state index in [1.165, 1.54) is 22.4 Å². The van der Waals surface area contributed by atoms with E-state index in [2.05, 4.69) is 43.5 Å². The molecule has 1 aliphatic heterocycles. The van der Waals surface area contributed by atoms with Crippen LogP contribution in [0.4, 0.5) is 5.69 Å². The molecule has 1 aliphatic rings. The molecule has 0 atom stereocenters. The summed E-state index contributed by atoms with van der Waals surface area (Å²) in [5, 5.41) is 2.13. The molecule has 0 spiro atoms. The fraction of sp³-hybridized carbons (Fsp3) is 0.455. The van der Waals surface area contributed by atoms with Gasteiger partial charge in [0, 0.05) is 13.6 Å². The SMILES string of the molecule is CCc1cc(C)cc2c1CN(C)N2. The molecule has 13 heavy (non-hydrogen) atoms. The molecule has 1 heterocycles. The zero-order valence-electron chi connectivity index (χ0n) is 8.52. The van der Waals surface area contributed by atoms with E-state index in [4.69, 9.17) is 0 Å². The highest BCUT2D eigenvalue weighted by molar-refractivity contribution is 5.59. The van der Waals surface area contributed by atoms with Crippen molar-refractivity contribution in [2.24, 2.45) is 0 Å². The molecule has 70 valence electrons. The Balaban J connectivity index is 2.50. The summed E-state index contributed by atoms with van der Waals surface area (Å²) in [5.74, 6) is 0. The highest BCUT2D eigenvalue weighted by Gasteiger charge is 2.17. The molecule has 2 nitrogen and oxygen atoms in total. The fourth-order valence-electron chi connectivity index (χ4n) is 1.98. The van der Waals surface area contributed by atoms with Gasteiger partial charge in [0.05, 0.1) is 5.69 Å². The van der Waals surface area contributed by atoms with Crippen LogP contribution in [0.1, 0.15) is 23.6 Å². The van der Waals surface area contributed by atoms with Crippen LogP contribution in [0.3, 0.4) is 0 Å². The van der Waals surface area contributed by atoms with Crippen molar-refractivity contribution in [2.45, 2.75) is 26.8 Å². The highest BCUT2D eigenvalue weighted by Crippen LogP contribution is 2.29. The maximum Gasteiger partial charge on any atom is 0.0541 e. The van der Waals surface area contributed by atoms with Crippen molar-refractivity contribution in [3.8, 4) is 0 Å². The first-order valence-electron chi connectivity index (χ1n) is 4.81. The van der Waals surface area contributed by atoms with Gasteiger partial charge in [0.15, 0.2) is 0 Å². The zero-order valence-corrected chi connectivity index (χ0v) is 8.52. The molecule has 1 aromatic rings. The van der Waals surface area contributed by atoms with Crippen molar-refractivity contribution in [1.29, 1.82) is 0 Å². The number of nitrogens with one attached hydrogen (secondary N) is 1. The molecule has 0 aromatic heterocycles. The molecule has 0 amide bonds. The second-order valence-electron chi connectivity index (χ2n) is 3.77. The summed E-state index contributed by atoms with van der Waals surface area (Å²) in [5.41, 5.74) is 8.93. The molecule has 0 saturated carbocycles. The maximum atomic E-state index is 3.35. The second kappa shape index (κ2) is 3.04. The van der Waals surface area contributed by atoms with E-state index in [1.54, 1.807) is 0 Å². The number of rotatable bonds is 1. The number of anilines is 1.